The molecule has 2 amide bonds. The molecule has 0 saturated carbocycles. The summed E-state index contributed by atoms with van der Waals surface area (Å²) in [5.74, 6) is 0. The fourth-order valence-electron chi connectivity index (χ4n) is 2.33. The van der Waals surface area contributed by atoms with Gasteiger partial charge in [-0.05, 0) is 55.0 Å². The third-order valence-electron chi connectivity index (χ3n) is 3.79. The van der Waals surface area contributed by atoms with E-state index in [1.54, 1.807) is 31.5 Å². The molecule has 3 aromatic rings. The van der Waals surface area contributed by atoms with E-state index in [1.807, 2.05) is 6.07 Å². The minimum absolute atomic E-state index is 0.128. The van der Waals surface area contributed by atoms with Crippen molar-refractivity contribution in [2.75, 3.05) is 5.32 Å². The maximum absolute atomic E-state index is 12.6. The predicted molar refractivity (Wildman–Crippen MR) is 101 cm³/mol. The molecule has 2 heterocycles. The minimum Gasteiger partial charge on any atom is -0.334 e. The van der Waals surface area contributed by atoms with Gasteiger partial charge in [-0.2, -0.15) is 0 Å². The Kier molecular flexibility index (Phi) is 5.46. The highest BCUT2D eigenvalue weighted by Gasteiger charge is 2.17. The smallest absolute Gasteiger partial charge is 0.319 e. The quantitative estimate of drug-likeness (QED) is 0.706. The van der Waals surface area contributed by atoms with E-state index in [1.165, 1.54) is 36.5 Å². The fourth-order valence-corrected chi connectivity index (χ4v) is 3.53. The third kappa shape index (κ3) is 4.68. The average Bonchev–Trinajstić information content (AvgIpc) is 2.68. The second kappa shape index (κ2) is 7.96. The Bertz CT molecular complexity index is 1020. The summed E-state index contributed by atoms with van der Waals surface area (Å²) in [5.41, 5.74) is 2.10. The van der Waals surface area contributed by atoms with Crippen LogP contribution in [0, 0.1) is 6.92 Å². The molecule has 0 radical (unpaired) electrons. The molecule has 8 heteroatoms. The number of nitrogens with zero attached hydrogens (tertiary/aromatic N) is 2. The zero-order valence-corrected chi connectivity index (χ0v) is 15.4. The van der Waals surface area contributed by atoms with Crippen LogP contribution in [0.4, 0.5) is 10.5 Å². The average molecular weight is 382 g/mol. The van der Waals surface area contributed by atoms with E-state index in [-0.39, 0.29) is 9.79 Å². The van der Waals surface area contributed by atoms with Gasteiger partial charge >= 0.3 is 6.03 Å². The van der Waals surface area contributed by atoms with Crippen LogP contribution in [-0.4, -0.2) is 24.4 Å². The number of sulfone groups is 1. The van der Waals surface area contributed by atoms with Gasteiger partial charge in [0.1, 0.15) is 0 Å². The van der Waals surface area contributed by atoms with E-state index in [0.717, 1.165) is 11.3 Å². The van der Waals surface area contributed by atoms with Crippen LogP contribution in [0.1, 0.15) is 11.3 Å². The molecule has 0 spiro atoms. The number of carbonyl (C=O) groups is 1. The van der Waals surface area contributed by atoms with Crippen molar-refractivity contribution in [2.24, 2.45) is 0 Å². The van der Waals surface area contributed by atoms with Crippen molar-refractivity contribution >= 4 is 21.6 Å². The van der Waals surface area contributed by atoms with Gasteiger partial charge in [0.2, 0.25) is 9.84 Å². The van der Waals surface area contributed by atoms with Crippen molar-refractivity contribution in [2.45, 2.75) is 23.3 Å². The van der Waals surface area contributed by atoms with Gasteiger partial charge < -0.3 is 10.6 Å². The Morgan fingerprint density at radius 2 is 1.74 bits per heavy atom. The standard InChI is InChI=1S/C19H18N4O3S/c1-14-4-7-18(13-21-14)27(25,26)17-8-5-16(6-9-17)23-19(24)22-12-15-3-2-10-20-11-15/h2-11,13H,12H2,1H3,(H2,22,23,24). The Hall–Kier alpha value is -3.26. The van der Waals surface area contributed by atoms with Gasteiger partial charge in [-0.1, -0.05) is 6.07 Å². The number of urea groups is 1. The lowest BCUT2D eigenvalue weighted by atomic mass is 10.3. The van der Waals surface area contributed by atoms with Gasteiger partial charge in [0.25, 0.3) is 0 Å². The third-order valence-corrected chi connectivity index (χ3v) is 5.55. The van der Waals surface area contributed by atoms with E-state index in [4.69, 9.17) is 0 Å². The summed E-state index contributed by atoms with van der Waals surface area (Å²) >= 11 is 0. The van der Waals surface area contributed by atoms with Gasteiger partial charge in [-0.3, -0.25) is 9.97 Å². The summed E-state index contributed by atoms with van der Waals surface area (Å²) < 4.78 is 25.2. The van der Waals surface area contributed by atoms with Crippen LogP contribution >= 0.6 is 0 Å². The van der Waals surface area contributed by atoms with Crippen molar-refractivity contribution in [3.05, 3.63) is 78.4 Å². The van der Waals surface area contributed by atoms with E-state index < -0.39 is 15.9 Å². The first-order valence-corrected chi connectivity index (χ1v) is 9.65. The molecular formula is C19H18N4O3S. The lowest BCUT2D eigenvalue weighted by Gasteiger charge is -2.09. The molecule has 0 saturated heterocycles. The summed E-state index contributed by atoms with van der Waals surface area (Å²) in [6, 6.07) is 12.4. The summed E-state index contributed by atoms with van der Waals surface area (Å²) in [7, 11) is -3.64. The second-order valence-electron chi connectivity index (χ2n) is 5.83. The maximum Gasteiger partial charge on any atom is 0.319 e. The highest BCUT2D eigenvalue weighted by atomic mass is 32.2. The lowest BCUT2D eigenvalue weighted by Crippen LogP contribution is -2.28. The number of carbonyl (C=O) groups excluding carboxylic acids is 1. The molecular weight excluding hydrogens is 364 g/mol. The Morgan fingerprint density at radius 3 is 2.37 bits per heavy atom. The highest BCUT2D eigenvalue weighted by Crippen LogP contribution is 2.22. The number of pyridine rings is 2. The van der Waals surface area contributed by atoms with E-state index in [0.29, 0.717) is 12.2 Å². The van der Waals surface area contributed by atoms with Crippen LogP contribution in [0.25, 0.3) is 0 Å². The summed E-state index contributed by atoms with van der Waals surface area (Å²) in [4.78, 5) is 20.2. The van der Waals surface area contributed by atoms with E-state index in [2.05, 4.69) is 20.6 Å². The number of amides is 2. The van der Waals surface area contributed by atoms with Gasteiger partial charge in [0, 0.05) is 36.5 Å². The summed E-state index contributed by atoms with van der Waals surface area (Å²) in [5, 5.41) is 5.37. The SMILES string of the molecule is Cc1ccc(S(=O)(=O)c2ccc(NC(=O)NCc3cccnc3)cc2)cn1. The molecule has 0 bridgehead atoms. The largest absolute Gasteiger partial charge is 0.334 e. The Morgan fingerprint density at radius 1 is 1.00 bits per heavy atom. The fraction of sp³-hybridized carbons (Fsp3) is 0.105. The molecule has 27 heavy (non-hydrogen) atoms. The lowest BCUT2D eigenvalue weighted by molar-refractivity contribution is 0.251. The first kappa shape index (κ1) is 18.5. The van der Waals surface area contributed by atoms with Crippen LogP contribution in [0.3, 0.4) is 0 Å². The summed E-state index contributed by atoms with van der Waals surface area (Å²) in [6.07, 6.45) is 4.66. The van der Waals surface area contributed by atoms with E-state index in [9.17, 15) is 13.2 Å². The normalized spacial score (nSPS) is 11.0. The van der Waals surface area contributed by atoms with Gasteiger partial charge in [-0.15, -0.1) is 0 Å². The first-order valence-electron chi connectivity index (χ1n) is 8.17. The Labute approximate surface area is 157 Å². The van der Waals surface area contributed by atoms with Gasteiger partial charge in [-0.25, -0.2) is 13.2 Å². The minimum atomic E-state index is -3.64. The van der Waals surface area contributed by atoms with Gasteiger partial charge in [0.15, 0.2) is 0 Å². The zero-order chi connectivity index (χ0) is 19.3. The van der Waals surface area contributed by atoms with Crippen LogP contribution in [0.5, 0.6) is 0 Å². The van der Waals surface area contributed by atoms with Crippen molar-refractivity contribution in [1.29, 1.82) is 0 Å². The molecule has 0 aliphatic heterocycles. The number of rotatable bonds is 5. The molecule has 2 N–H and O–H groups in total. The molecule has 0 unspecified atom stereocenters. The van der Waals surface area contributed by atoms with Crippen LogP contribution < -0.4 is 10.6 Å². The molecule has 2 aromatic heterocycles. The van der Waals surface area contributed by atoms with Crippen molar-refractivity contribution in [1.82, 2.24) is 15.3 Å². The zero-order valence-electron chi connectivity index (χ0n) is 14.6. The number of benzene rings is 1. The number of aromatic nitrogens is 2. The van der Waals surface area contributed by atoms with Crippen LogP contribution in [0.15, 0.2) is 76.9 Å². The molecule has 0 aliphatic rings. The molecule has 3 rings (SSSR count). The molecule has 138 valence electrons. The number of anilines is 1. The highest BCUT2D eigenvalue weighted by molar-refractivity contribution is 7.91. The second-order valence-corrected chi connectivity index (χ2v) is 7.78. The molecule has 7 nitrogen and oxygen atoms in total. The number of hydrogen-bond donors (Lipinski definition) is 2. The predicted octanol–water partition coefficient (Wildman–Crippen LogP) is 2.94. The van der Waals surface area contributed by atoms with Crippen molar-refractivity contribution < 1.29 is 13.2 Å². The van der Waals surface area contributed by atoms with E-state index >= 15 is 0 Å². The van der Waals surface area contributed by atoms with Crippen LogP contribution in [-0.2, 0) is 16.4 Å². The topological polar surface area (TPSA) is 101 Å². The maximum atomic E-state index is 12.6. The first-order chi connectivity index (χ1) is 12.9. The molecule has 0 atom stereocenters. The van der Waals surface area contributed by atoms with Gasteiger partial charge in [0.05, 0.1) is 9.79 Å². The number of nitrogens with one attached hydrogen (secondary N) is 2. The molecule has 0 fully saturated rings. The monoisotopic (exact) mass is 382 g/mol. The van der Waals surface area contributed by atoms with Crippen molar-refractivity contribution in [3.63, 3.8) is 0 Å². The number of aryl methyl sites for hydroxylation is 1. The Balaban J connectivity index is 1.64. The molecule has 0 aliphatic carbocycles. The van der Waals surface area contributed by atoms with Crippen LogP contribution in [0.2, 0.25) is 0 Å². The number of hydrogen-bond acceptors (Lipinski definition) is 5. The van der Waals surface area contributed by atoms with Crippen molar-refractivity contribution in [3.8, 4) is 0 Å². The summed E-state index contributed by atoms with van der Waals surface area (Å²) in [6.45, 7) is 2.13. The molecule has 1 aromatic carbocycles.